The van der Waals surface area contributed by atoms with Crippen LogP contribution in [-0.2, 0) is 12.3 Å². The molecule has 0 bridgehead atoms. The Bertz CT molecular complexity index is 1050. The highest BCUT2D eigenvalue weighted by atomic mass is 32.2. The van der Waals surface area contributed by atoms with E-state index in [2.05, 4.69) is 58.1 Å². The minimum atomic E-state index is 0.683. The first kappa shape index (κ1) is 16.8. The molecular weight excluding hydrogens is 360 g/mol. The molecule has 26 heavy (non-hydrogen) atoms. The smallest absolute Gasteiger partial charge is 0.191 e. The van der Waals surface area contributed by atoms with E-state index in [4.69, 9.17) is 5.26 Å². The van der Waals surface area contributed by atoms with Gasteiger partial charge < -0.3 is 4.57 Å². The van der Waals surface area contributed by atoms with E-state index in [1.54, 1.807) is 23.1 Å². The lowest BCUT2D eigenvalue weighted by Crippen LogP contribution is -1.99. The van der Waals surface area contributed by atoms with Crippen molar-refractivity contribution >= 4 is 33.2 Å². The number of nitriles is 1. The van der Waals surface area contributed by atoms with Gasteiger partial charge in [0.05, 0.1) is 16.5 Å². The average Bonchev–Trinajstić information content (AvgIpc) is 3.29. The molecule has 0 spiro atoms. The summed E-state index contributed by atoms with van der Waals surface area (Å²) in [6.45, 7) is 2.94. The molecule has 4 nitrogen and oxygen atoms in total. The van der Waals surface area contributed by atoms with E-state index >= 15 is 0 Å². The van der Waals surface area contributed by atoms with Crippen molar-refractivity contribution < 1.29 is 0 Å². The van der Waals surface area contributed by atoms with Gasteiger partial charge in [0.2, 0.25) is 0 Å². The standard InChI is InChI=1S/C20H16N4S2/c1-2-24-19(18-11-16-5-3-4-6-17(16)26-18)22-23-20(24)25-13-15-9-7-14(12-21)8-10-15/h3-11H,2,13H2,1H3. The molecule has 0 unspecified atom stereocenters. The zero-order valence-electron chi connectivity index (χ0n) is 14.2. The maximum atomic E-state index is 8.89. The Labute approximate surface area is 160 Å². The Morgan fingerprint density at radius 2 is 1.92 bits per heavy atom. The predicted molar refractivity (Wildman–Crippen MR) is 107 cm³/mol. The van der Waals surface area contributed by atoms with E-state index in [1.165, 1.54) is 15.6 Å². The number of thioether (sulfide) groups is 1. The van der Waals surface area contributed by atoms with Crippen molar-refractivity contribution in [1.29, 1.82) is 5.26 Å². The second-order valence-electron chi connectivity index (χ2n) is 5.80. The Balaban J connectivity index is 1.59. The lowest BCUT2D eigenvalue weighted by molar-refractivity contribution is 0.688. The van der Waals surface area contributed by atoms with Crippen molar-refractivity contribution in [3.05, 3.63) is 65.7 Å². The Hall–Kier alpha value is -2.62. The fraction of sp³-hybridized carbons (Fsp3) is 0.150. The number of fused-ring (bicyclic) bond motifs is 1. The van der Waals surface area contributed by atoms with Crippen LogP contribution >= 0.6 is 23.1 Å². The zero-order chi connectivity index (χ0) is 17.9. The zero-order valence-corrected chi connectivity index (χ0v) is 15.8. The fourth-order valence-corrected chi connectivity index (χ4v) is 4.79. The van der Waals surface area contributed by atoms with Crippen LogP contribution in [0, 0.1) is 11.3 Å². The SMILES string of the molecule is CCn1c(SCc2ccc(C#N)cc2)nnc1-c1cc2ccccc2s1. The first-order valence-electron chi connectivity index (χ1n) is 8.32. The molecule has 4 rings (SSSR count). The van der Waals surface area contributed by atoms with Crippen molar-refractivity contribution in [2.24, 2.45) is 0 Å². The number of rotatable bonds is 5. The second kappa shape index (κ2) is 7.32. The van der Waals surface area contributed by atoms with Crippen LogP contribution in [0.4, 0.5) is 0 Å². The minimum absolute atomic E-state index is 0.683. The molecule has 4 aromatic rings. The number of thiophene rings is 1. The van der Waals surface area contributed by atoms with Gasteiger partial charge in [-0.2, -0.15) is 5.26 Å². The number of hydrogen-bond acceptors (Lipinski definition) is 5. The van der Waals surface area contributed by atoms with Crippen LogP contribution < -0.4 is 0 Å². The first-order chi connectivity index (χ1) is 12.8. The minimum Gasteiger partial charge on any atom is -0.302 e. The largest absolute Gasteiger partial charge is 0.302 e. The fourth-order valence-electron chi connectivity index (χ4n) is 2.78. The van der Waals surface area contributed by atoms with E-state index in [-0.39, 0.29) is 0 Å². The van der Waals surface area contributed by atoms with E-state index in [1.807, 2.05) is 24.3 Å². The van der Waals surface area contributed by atoms with Crippen LogP contribution in [0.15, 0.2) is 59.8 Å². The molecule has 2 heterocycles. The molecule has 0 aliphatic heterocycles. The van der Waals surface area contributed by atoms with Crippen LogP contribution in [0.2, 0.25) is 0 Å². The number of benzene rings is 2. The van der Waals surface area contributed by atoms with Crippen molar-refractivity contribution in [1.82, 2.24) is 14.8 Å². The summed E-state index contributed by atoms with van der Waals surface area (Å²) < 4.78 is 3.43. The van der Waals surface area contributed by atoms with Gasteiger partial charge >= 0.3 is 0 Å². The van der Waals surface area contributed by atoms with E-state index in [9.17, 15) is 0 Å². The highest BCUT2D eigenvalue weighted by molar-refractivity contribution is 7.98. The molecule has 128 valence electrons. The molecule has 0 atom stereocenters. The van der Waals surface area contributed by atoms with Crippen LogP contribution in [0.1, 0.15) is 18.1 Å². The second-order valence-corrected chi connectivity index (χ2v) is 7.82. The van der Waals surface area contributed by atoms with Crippen molar-refractivity contribution in [2.75, 3.05) is 0 Å². The third kappa shape index (κ3) is 3.24. The summed E-state index contributed by atoms with van der Waals surface area (Å²) >= 11 is 3.42. The number of nitrogens with zero attached hydrogens (tertiary/aromatic N) is 4. The highest BCUT2D eigenvalue weighted by Crippen LogP contribution is 2.34. The molecule has 0 aliphatic rings. The van der Waals surface area contributed by atoms with Crippen molar-refractivity contribution in [3.8, 4) is 16.8 Å². The van der Waals surface area contributed by atoms with Crippen LogP contribution in [0.3, 0.4) is 0 Å². The maximum absolute atomic E-state index is 8.89. The molecule has 6 heteroatoms. The van der Waals surface area contributed by atoms with Crippen molar-refractivity contribution in [3.63, 3.8) is 0 Å². The van der Waals surface area contributed by atoms with E-state index in [0.29, 0.717) is 5.56 Å². The monoisotopic (exact) mass is 376 g/mol. The van der Waals surface area contributed by atoms with Gasteiger partial charge in [-0.1, -0.05) is 42.1 Å². The Kier molecular flexibility index (Phi) is 4.74. The van der Waals surface area contributed by atoms with Gasteiger partial charge in [-0.05, 0) is 42.1 Å². The lowest BCUT2D eigenvalue weighted by atomic mass is 10.2. The summed E-state index contributed by atoms with van der Waals surface area (Å²) in [6, 6.07) is 20.4. The average molecular weight is 377 g/mol. The quantitative estimate of drug-likeness (QED) is 0.441. The summed E-state index contributed by atoms with van der Waals surface area (Å²) in [6.07, 6.45) is 0. The molecule has 0 fully saturated rings. The summed E-state index contributed by atoms with van der Waals surface area (Å²) in [5.41, 5.74) is 1.85. The van der Waals surface area contributed by atoms with Gasteiger partial charge in [0.15, 0.2) is 11.0 Å². The van der Waals surface area contributed by atoms with Crippen molar-refractivity contribution in [2.45, 2.75) is 24.4 Å². The van der Waals surface area contributed by atoms with Gasteiger partial charge in [0, 0.05) is 17.0 Å². The normalized spacial score (nSPS) is 10.9. The van der Waals surface area contributed by atoms with Gasteiger partial charge in [0.1, 0.15) is 0 Å². The van der Waals surface area contributed by atoms with Crippen LogP contribution in [-0.4, -0.2) is 14.8 Å². The topological polar surface area (TPSA) is 54.5 Å². The summed E-state index contributed by atoms with van der Waals surface area (Å²) in [5.74, 6) is 1.73. The summed E-state index contributed by atoms with van der Waals surface area (Å²) in [5, 5.41) is 19.9. The van der Waals surface area contributed by atoms with Gasteiger partial charge in [-0.15, -0.1) is 21.5 Å². The Morgan fingerprint density at radius 1 is 1.12 bits per heavy atom. The van der Waals surface area contributed by atoms with E-state index < -0.39 is 0 Å². The molecule has 2 aromatic carbocycles. The molecule has 0 aliphatic carbocycles. The van der Waals surface area contributed by atoms with Gasteiger partial charge in [-0.3, -0.25) is 0 Å². The van der Waals surface area contributed by atoms with Gasteiger partial charge in [-0.25, -0.2) is 0 Å². The molecule has 2 aromatic heterocycles. The molecule has 0 amide bonds. The van der Waals surface area contributed by atoms with E-state index in [0.717, 1.165) is 28.2 Å². The molecule has 0 N–H and O–H groups in total. The summed E-state index contributed by atoms with van der Waals surface area (Å²) in [4.78, 5) is 1.14. The molecular formula is C20H16N4S2. The molecule has 0 saturated heterocycles. The summed E-state index contributed by atoms with van der Waals surface area (Å²) in [7, 11) is 0. The maximum Gasteiger partial charge on any atom is 0.191 e. The third-order valence-corrected chi connectivity index (χ3v) is 6.28. The van der Waals surface area contributed by atoms with Gasteiger partial charge in [0.25, 0.3) is 0 Å². The third-order valence-electron chi connectivity index (χ3n) is 4.13. The predicted octanol–water partition coefficient (Wildman–Crippen LogP) is 5.34. The number of hydrogen-bond donors (Lipinski definition) is 0. The number of aromatic nitrogens is 3. The Morgan fingerprint density at radius 3 is 2.65 bits per heavy atom. The highest BCUT2D eigenvalue weighted by Gasteiger charge is 2.15. The first-order valence-corrected chi connectivity index (χ1v) is 10.1. The lowest BCUT2D eigenvalue weighted by Gasteiger charge is -2.06. The molecule has 0 saturated carbocycles. The van der Waals surface area contributed by atoms with Crippen LogP contribution in [0.5, 0.6) is 0 Å². The molecule has 0 radical (unpaired) electrons. The van der Waals surface area contributed by atoms with Crippen LogP contribution in [0.25, 0.3) is 20.8 Å².